The highest BCUT2D eigenvalue weighted by Gasteiger charge is 2.26. The number of halogens is 1. The van der Waals surface area contributed by atoms with Crippen molar-refractivity contribution in [1.82, 2.24) is 14.7 Å². The molecule has 1 saturated heterocycles. The van der Waals surface area contributed by atoms with Gasteiger partial charge in [-0.3, -0.25) is 4.68 Å². The Morgan fingerprint density at radius 3 is 2.64 bits per heavy atom. The molecule has 2 heterocycles. The Hall–Kier alpha value is -0.590. The van der Waals surface area contributed by atoms with E-state index in [4.69, 9.17) is 10.7 Å². The van der Waals surface area contributed by atoms with E-state index in [1.807, 2.05) is 7.05 Å². The lowest BCUT2D eigenvalue weighted by Crippen LogP contribution is -2.45. The summed E-state index contributed by atoms with van der Waals surface area (Å²) >= 11 is 0. The van der Waals surface area contributed by atoms with Crippen LogP contribution in [0.4, 0.5) is 0 Å². The van der Waals surface area contributed by atoms with Crippen molar-refractivity contribution in [3.05, 3.63) is 12.4 Å². The first-order valence-electron chi connectivity index (χ1n) is 4.14. The minimum atomic E-state index is -3.64. The third-order valence-corrected chi connectivity index (χ3v) is 3.59. The van der Waals surface area contributed by atoms with Crippen molar-refractivity contribution in [1.29, 1.82) is 0 Å². The lowest BCUT2D eigenvalue weighted by atomic mass is 10.1. The van der Waals surface area contributed by atoms with Crippen LogP contribution in [0.5, 0.6) is 0 Å². The highest BCUT2D eigenvalue weighted by molar-refractivity contribution is 8.13. The zero-order valence-electron chi connectivity index (χ0n) is 7.59. The lowest BCUT2D eigenvalue weighted by Gasteiger charge is -2.35. The summed E-state index contributed by atoms with van der Waals surface area (Å²) in [6, 6.07) is 0.271. The van der Waals surface area contributed by atoms with E-state index in [2.05, 4.69) is 10.00 Å². The smallest absolute Gasteiger partial charge is 0.264 e. The topological polar surface area (TPSA) is 55.2 Å². The second kappa shape index (κ2) is 3.22. The molecule has 0 aliphatic carbocycles. The van der Waals surface area contributed by atoms with E-state index < -0.39 is 9.05 Å². The van der Waals surface area contributed by atoms with Crippen LogP contribution in [-0.2, 0) is 9.05 Å². The molecule has 0 aromatic carbocycles. The molecule has 2 rings (SSSR count). The molecule has 0 unspecified atom stereocenters. The Kier molecular flexibility index (Phi) is 2.29. The summed E-state index contributed by atoms with van der Waals surface area (Å²) in [6.07, 6.45) is 2.75. The summed E-state index contributed by atoms with van der Waals surface area (Å²) in [7, 11) is 3.54. The fourth-order valence-electron chi connectivity index (χ4n) is 1.48. The molecule has 0 bridgehead atoms. The molecule has 0 spiro atoms. The molecule has 1 aromatic rings. The first-order valence-corrected chi connectivity index (χ1v) is 6.45. The van der Waals surface area contributed by atoms with Gasteiger partial charge in [0, 0.05) is 30.0 Å². The number of hydrogen-bond donors (Lipinski definition) is 0. The van der Waals surface area contributed by atoms with Crippen molar-refractivity contribution in [3.8, 4) is 0 Å². The highest BCUT2D eigenvalue weighted by Crippen LogP contribution is 2.21. The quantitative estimate of drug-likeness (QED) is 0.692. The Morgan fingerprint density at radius 2 is 2.21 bits per heavy atom. The van der Waals surface area contributed by atoms with Gasteiger partial charge in [0.1, 0.15) is 4.90 Å². The second-order valence-corrected chi connectivity index (χ2v) is 6.03. The summed E-state index contributed by atoms with van der Waals surface area (Å²) in [5.41, 5.74) is 0. The molecule has 1 aromatic heterocycles. The first-order chi connectivity index (χ1) is 6.47. The van der Waals surface area contributed by atoms with Crippen LogP contribution in [0.2, 0.25) is 0 Å². The molecule has 78 valence electrons. The summed E-state index contributed by atoms with van der Waals surface area (Å²) in [6.45, 7) is 1.78. The monoisotopic (exact) mass is 235 g/mol. The zero-order chi connectivity index (χ0) is 10.3. The van der Waals surface area contributed by atoms with E-state index in [0.717, 1.165) is 13.1 Å². The van der Waals surface area contributed by atoms with Crippen LogP contribution in [0.15, 0.2) is 17.3 Å². The number of nitrogens with zero attached hydrogens (tertiary/aromatic N) is 3. The molecule has 0 radical (unpaired) electrons. The molecular formula is C7H10ClN3O2S. The largest absolute Gasteiger partial charge is 0.302 e. The van der Waals surface area contributed by atoms with Gasteiger partial charge in [0.05, 0.1) is 12.2 Å². The van der Waals surface area contributed by atoms with Crippen LogP contribution in [0, 0.1) is 0 Å². The second-order valence-electron chi connectivity index (χ2n) is 3.47. The first kappa shape index (κ1) is 9.95. The average Bonchev–Trinajstić information content (AvgIpc) is 2.45. The highest BCUT2D eigenvalue weighted by atomic mass is 35.7. The van der Waals surface area contributed by atoms with Crippen molar-refractivity contribution in [2.24, 2.45) is 0 Å². The number of likely N-dealkylation sites (tertiary alicyclic amines) is 1. The molecule has 0 saturated carbocycles. The van der Waals surface area contributed by atoms with E-state index in [-0.39, 0.29) is 10.9 Å². The number of hydrogen-bond acceptors (Lipinski definition) is 4. The minimum absolute atomic E-state index is 0.0636. The van der Waals surface area contributed by atoms with Gasteiger partial charge in [0.2, 0.25) is 0 Å². The van der Waals surface area contributed by atoms with Crippen LogP contribution in [0.1, 0.15) is 6.04 Å². The van der Waals surface area contributed by atoms with Crippen LogP contribution in [0.25, 0.3) is 0 Å². The average molecular weight is 236 g/mol. The van der Waals surface area contributed by atoms with Gasteiger partial charge < -0.3 is 4.90 Å². The Balaban J connectivity index is 2.19. The van der Waals surface area contributed by atoms with E-state index in [9.17, 15) is 8.42 Å². The molecule has 1 aliphatic heterocycles. The van der Waals surface area contributed by atoms with E-state index >= 15 is 0 Å². The van der Waals surface area contributed by atoms with Crippen LogP contribution in [-0.4, -0.2) is 43.2 Å². The molecule has 5 nitrogen and oxygen atoms in total. The van der Waals surface area contributed by atoms with Gasteiger partial charge in [0.25, 0.3) is 9.05 Å². The van der Waals surface area contributed by atoms with Crippen LogP contribution < -0.4 is 0 Å². The maximum Gasteiger partial charge on any atom is 0.264 e. The van der Waals surface area contributed by atoms with Crippen LogP contribution in [0.3, 0.4) is 0 Å². The molecule has 0 N–H and O–H groups in total. The van der Waals surface area contributed by atoms with E-state index in [1.165, 1.54) is 12.4 Å². The fourth-order valence-corrected chi connectivity index (χ4v) is 2.13. The predicted molar refractivity (Wildman–Crippen MR) is 51.8 cm³/mol. The molecule has 14 heavy (non-hydrogen) atoms. The van der Waals surface area contributed by atoms with Crippen molar-refractivity contribution >= 4 is 19.7 Å². The maximum absolute atomic E-state index is 10.9. The van der Waals surface area contributed by atoms with Crippen molar-refractivity contribution in [2.75, 3.05) is 20.1 Å². The minimum Gasteiger partial charge on any atom is -0.302 e. The molecule has 7 heteroatoms. The van der Waals surface area contributed by atoms with Crippen molar-refractivity contribution in [3.63, 3.8) is 0 Å². The maximum atomic E-state index is 10.9. The van der Waals surface area contributed by atoms with Gasteiger partial charge in [-0.15, -0.1) is 0 Å². The van der Waals surface area contributed by atoms with E-state index in [1.54, 1.807) is 4.68 Å². The van der Waals surface area contributed by atoms with Gasteiger partial charge in [-0.05, 0) is 7.05 Å². The Labute approximate surface area is 86.7 Å². The number of likely N-dealkylation sites (N-methyl/N-ethyl adjacent to an activating group) is 1. The van der Waals surface area contributed by atoms with Crippen molar-refractivity contribution in [2.45, 2.75) is 10.9 Å². The summed E-state index contributed by atoms with van der Waals surface area (Å²) in [5.74, 6) is 0. The molecule has 1 fully saturated rings. The summed E-state index contributed by atoms with van der Waals surface area (Å²) in [5, 5.41) is 3.97. The van der Waals surface area contributed by atoms with Gasteiger partial charge >= 0.3 is 0 Å². The predicted octanol–water partition coefficient (Wildman–Crippen LogP) is 0.297. The Bertz CT molecular complexity index is 436. The SMILES string of the molecule is CN1CC(n2cc(S(=O)(=O)Cl)cn2)C1. The zero-order valence-corrected chi connectivity index (χ0v) is 9.16. The van der Waals surface area contributed by atoms with Gasteiger partial charge in [-0.25, -0.2) is 8.42 Å². The fraction of sp³-hybridized carbons (Fsp3) is 0.571. The Morgan fingerprint density at radius 1 is 1.57 bits per heavy atom. The number of aromatic nitrogens is 2. The third kappa shape index (κ3) is 1.77. The summed E-state index contributed by atoms with van der Waals surface area (Å²) in [4.78, 5) is 2.19. The normalized spacial score (nSPS) is 19.6. The molecular weight excluding hydrogens is 226 g/mol. The molecule has 0 amide bonds. The lowest BCUT2D eigenvalue weighted by molar-refractivity contribution is 0.130. The standard InChI is InChI=1S/C7H10ClN3O2S/c1-10-3-6(4-10)11-5-7(2-9-11)14(8,12)13/h2,5-6H,3-4H2,1H3. The van der Waals surface area contributed by atoms with Crippen LogP contribution >= 0.6 is 10.7 Å². The summed E-state index contributed by atoms with van der Waals surface area (Å²) < 4.78 is 23.5. The van der Waals surface area contributed by atoms with E-state index in [0.29, 0.717) is 0 Å². The molecule has 1 aliphatic rings. The van der Waals surface area contributed by atoms with Crippen molar-refractivity contribution < 1.29 is 8.42 Å². The van der Waals surface area contributed by atoms with Gasteiger partial charge in [0.15, 0.2) is 0 Å². The van der Waals surface area contributed by atoms with Gasteiger partial charge in [-0.2, -0.15) is 5.10 Å². The third-order valence-electron chi connectivity index (χ3n) is 2.28. The van der Waals surface area contributed by atoms with Gasteiger partial charge in [-0.1, -0.05) is 0 Å². The molecule has 0 atom stereocenters. The number of rotatable bonds is 2.